The van der Waals surface area contributed by atoms with Gasteiger partial charge in [0.1, 0.15) is 25.6 Å². The summed E-state index contributed by atoms with van der Waals surface area (Å²) in [5.74, 6) is 2.08. The van der Waals surface area contributed by atoms with Crippen molar-refractivity contribution in [2.45, 2.75) is 13.5 Å². The Labute approximate surface area is 139 Å². The minimum atomic E-state index is 0.194. The summed E-state index contributed by atoms with van der Waals surface area (Å²) in [6.07, 6.45) is 0. The number of aryl methyl sites for hydroxylation is 1. The quantitative estimate of drug-likeness (QED) is 0.734. The SMILES string of the molecule is Cc1ccc(-c2nc3cc4c(cc3n2CC#N)OCCO4)cc1N. The molecule has 0 amide bonds. The maximum Gasteiger partial charge on any atom is 0.163 e. The molecule has 1 aliphatic heterocycles. The molecular weight excluding hydrogens is 304 g/mol. The van der Waals surface area contributed by atoms with Gasteiger partial charge < -0.3 is 19.8 Å². The Kier molecular flexibility index (Phi) is 3.28. The van der Waals surface area contributed by atoms with Crippen molar-refractivity contribution in [3.05, 3.63) is 35.9 Å². The van der Waals surface area contributed by atoms with Crippen LogP contribution in [0.1, 0.15) is 5.56 Å². The van der Waals surface area contributed by atoms with Crippen molar-refractivity contribution in [1.29, 1.82) is 5.26 Å². The second-order valence-electron chi connectivity index (χ2n) is 5.74. The summed E-state index contributed by atoms with van der Waals surface area (Å²) < 4.78 is 13.1. The van der Waals surface area contributed by atoms with Gasteiger partial charge in [-0.25, -0.2) is 4.98 Å². The number of nitrogens with zero attached hydrogens (tertiary/aromatic N) is 3. The molecule has 120 valence electrons. The molecule has 0 fully saturated rings. The van der Waals surface area contributed by atoms with Gasteiger partial charge in [0.05, 0.1) is 17.1 Å². The van der Waals surface area contributed by atoms with E-state index in [0.717, 1.165) is 22.2 Å². The Bertz CT molecular complexity index is 985. The summed E-state index contributed by atoms with van der Waals surface area (Å²) in [6, 6.07) is 11.8. The number of benzene rings is 2. The van der Waals surface area contributed by atoms with Crippen LogP contribution in [0.5, 0.6) is 11.5 Å². The van der Waals surface area contributed by atoms with Gasteiger partial charge in [0.2, 0.25) is 0 Å². The number of fused-ring (bicyclic) bond motifs is 2. The van der Waals surface area contributed by atoms with Crippen LogP contribution in [-0.2, 0) is 6.54 Å². The summed E-state index contributed by atoms with van der Waals surface area (Å²) in [5.41, 5.74) is 10.2. The molecule has 0 atom stereocenters. The first kappa shape index (κ1) is 14.4. The highest BCUT2D eigenvalue weighted by Gasteiger charge is 2.19. The van der Waals surface area contributed by atoms with E-state index >= 15 is 0 Å². The third-order valence-corrected chi connectivity index (χ3v) is 4.18. The molecule has 4 rings (SSSR count). The Morgan fingerprint density at radius 3 is 2.67 bits per heavy atom. The van der Waals surface area contributed by atoms with Crippen LogP contribution in [0.25, 0.3) is 22.4 Å². The van der Waals surface area contributed by atoms with E-state index in [1.54, 1.807) is 0 Å². The third kappa shape index (κ3) is 2.22. The fourth-order valence-corrected chi connectivity index (χ4v) is 2.89. The van der Waals surface area contributed by atoms with Crippen molar-refractivity contribution in [3.8, 4) is 29.0 Å². The van der Waals surface area contributed by atoms with Crippen LogP contribution in [0.4, 0.5) is 5.69 Å². The largest absolute Gasteiger partial charge is 0.486 e. The van der Waals surface area contributed by atoms with Crippen LogP contribution < -0.4 is 15.2 Å². The summed E-state index contributed by atoms with van der Waals surface area (Å²) in [6.45, 7) is 3.20. The van der Waals surface area contributed by atoms with Crippen LogP contribution in [0.2, 0.25) is 0 Å². The predicted octanol–water partition coefficient (Wildman–Crippen LogP) is 2.89. The number of imidazole rings is 1. The van der Waals surface area contributed by atoms with Crippen molar-refractivity contribution in [2.24, 2.45) is 0 Å². The minimum Gasteiger partial charge on any atom is -0.486 e. The number of nitrogen functional groups attached to an aromatic ring is 1. The molecule has 6 nitrogen and oxygen atoms in total. The van der Waals surface area contributed by atoms with E-state index in [9.17, 15) is 5.26 Å². The van der Waals surface area contributed by atoms with Crippen LogP contribution >= 0.6 is 0 Å². The monoisotopic (exact) mass is 320 g/mol. The number of ether oxygens (including phenoxy) is 2. The normalized spacial score (nSPS) is 13.0. The smallest absolute Gasteiger partial charge is 0.163 e. The summed E-state index contributed by atoms with van der Waals surface area (Å²) >= 11 is 0. The number of nitriles is 1. The molecule has 6 heteroatoms. The summed E-state index contributed by atoms with van der Waals surface area (Å²) in [4.78, 5) is 4.70. The molecule has 0 saturated carbocycles. The fraction of sp³-hybridized carbons (Fsp3) is 0.222. The zero-order valence-corrected chi connectivity index (χ0v) is 13.2. The van der Waals surface area contributed by atoms with E-state index in [-0.39, 0.29) is 6.54 Å². The Hall–Kier alpha value is -3.20. The third-order valence-electron chi connectivity index (χ3n) is 4.18. The van der Waals surface area contributed by atoms with Gasteiger partial charge in [0, 0.05) is 23.4 Å². The Balaban J connectivity index is 1.95. The van der Waals surface area contributed by atoms with Gasteiger partial charge in [0.15, 0.2) is 11.5 Å². The predicted molar refractivity (Wildman–Crippen MR) is 90.9 cm³/mol. The van der Waals surface area contributed by atoms with Gasteiger partial charge >= 0.3 is 0 Å². The maximum absolute atomic E-state index is 9.23. The molecule has 0 bridgehead atoms. The molecule has 3 aromatic rings. The minimum absolute atomic E-state index is 0.194. The molecule has 24 heavy (non-hydrogen) atoms. The molecule has 2 heterocycles. The lowest BCUT2D eigenvalue weighted by Gasteiger charge is -2.18. The lowest BCUT2D eigenvalue weighted by Crippen LogP contribution is -2.15. The number of hydrogen-bond donors (Lipinski definition) is 1. The highest BCUT2D eigenvalue weighted by molar-refractivity contribution is 5.85. The van der Waals surface area contributed by atoms with Crippen LogP contribution in [-0.4, -0.2) is 22.8 Å². The number of rotatable bonds is 2. The highest BCUT2D eigenvalue weighted by atomic mass is 16.6. The van der Waals surface area contributed by atoms with E-state index in [2.05, 4.69) is 6.07 Å². The number of hydrogen-bond acceptors (Lipinski definition) is 5. The average Bonchev–Trinajstić information content (AvgIpc) is 2.93. The molecule has 0 aliphatic carbocycles. The van der Waals surface area contributed by atoms with Gasteiger partial charge in [-0.05, 0) is 18.6 Å². The van der Waals surface area contributed by atoms with Gasteiger partial charge in [0.25, 0.3) is 0 Å². The van der Waals surface area contributed by atoms with Gasteiger partial charge in [-0.3, -0.25) is 0 Å². The van der Waals surface area contributed by atoms with E-state index in [4.69, 9.17) is 20.2 Å². The second-order valence-corrected chi connectivity index (χ2v) is 5.74. The van der Waals surface area contributed by atoms with Gasteiger partial charge in [-0.15, -0.1) is 0 Å². The zero-order chi connectivity index (χ0) is 16.7. The molecule has 2 N–H and O–H groups in total. The van der Waals surface area contributed by atoms with E-state index in [1.807, 2.05) is 41.8 Å². The molecule has 1 aliphatic rings. The van der Waals surface area contributed by atoms with Gasteiger partial charge in [-0.1, -0.05) is 12.1 Å². The molecular formula is C18H16N4O2. The van der Waals surface area contributed by atoms with Crippen molar-refractivity contribution in [3.63, 3.8) is 0 Å². The standard InChI is InChI=1S/C18H16N4O2/c1-11-2-3-12(8-13(11)20)18-21-14-9-16-17(24-7-6-23-16)10-15(14)22(18)5-4-19/h2-3,8-10H,5-7,20H2,1H3. The van der Waals surface area contributed by atoms with Crippen molar-refractivity contribution in [1.82, 2.24) is 9.55 Å². The summed E-state index contributed by atoms with van der Waals surface area (Å²) in [7, 11) is 0. The van der Waals surface area contributed by atoms with E-state index in [1.165, 1.54) is 0 Å². The Morgan fingerprint density at radius 1 is 1.21 bits per heavy atom. The molecule has 0 saturated heterocycles. The zero-order valence-electron chi connectivity index (χ0n) is 13.2. The van der Waals surface area contributed by atoms with Crippen molar-refractivity contribution < 1.29 is 9.47 Å². The van der Waals surface area contributed by atoms with E-state index < -0.39 is 0 Å². The second kappa shape index (κ2) is 5.46. The molecule has 0 unspecified atom stereocenters. The molecule has 1 aromatic heterocycles. The number of nitrogens with two attached hydrogens (primary N) is 1. The number of aromatic nitrogens is 2. The maximum atomic E-state index is 9.23. The van der Waals surface area contributed by atoms with Crippen molar-refractivity contribution >= 4 is 16.7 Å². The summed E-state index contributed by atoms with van der Waals surface area (Å²) in [5, 5.41) is 9.23. The number of anilines is 1. The molecule has 0 spiro atoms. The lowest BCUT2D eigenvalue weighted by molar-refractivity contribution is 0.172. The highest BCUT2D eigenvalue weighted by Crippen LogP contribution is 2.36. The first-order valence-corrected chi connectivity index (χ1v) is 7.70. The van der Waals surface area contributed by atoms with Gasteiger partial charge in [-0.2, -0.15) is 5.26 Å². The lowest BCUT2D eigenvalue weighted by atomic mass is 10.1. The first-order valence-electron chi connectivity index (χ1n) is 7.70. The van der Waals surface area contributed by atoms with Crippen LogP contribution in [0.15, 0.2) is 30.3 Å². The first-order chi connectivity index (χ1) is 11.7. The fourth-order valence-electron chi connectivity index (χ4n) is 2.89. The average molecular weight is 320 g/mol. The van der Waals surface area contributed by atoms with E-state index in [0.29, 0.717) is 36.2 Å². The topological polar surface area (TPSA) is 86.1 Å². The van der Waals surface area contributed by atoms with Crippen LogP contribution in [0.3, 0.4) is 0 Å². The molecule has 2 aromatic carbocycles. The van der Waals surface area contributed by atoms with Crippen LogP contribution in [0, 0.1) is 18.3 Å². The Morgan fingerprint density at radius 2 is 1.96 bits per heavy atom. The van der Waals surface area contributed by atoms with Crippen molar-refractivity contribution in [2.75, 3.05) is 18.9 Å². The molecule has 0 radical (unpaired) electrons.